The van der Waals surface area contributed by atoms with E-state index >= 15 is 0 Å². The van der Waals surface area contributed by atoms with Gasteiger partial charge in [-0.2, -0.15) is 0 Å². The molecule has 3 rings (SSSR count). The Morgan fingerprint density at radius 1 is 0.784 bits per heavy atom. The normalized spacial score (nSPS) is 14.1. The summed E-state index contributed by atoms with van der Waals surface area (Å²) in [7, 11) is 2.50. The topological polar surface area (TPSA) is 159 Å². The lowest BCUT2D eigenvalue weighted by molar-refractivity contribution is -0.146. The average molecular weight is 704 g/mol. The minimum absolute atomic E-state index is 0.0994. The molecule has 276 valence electrons. The molecule has 0 spiro atoms. The summed E-state index contributed by atoms with van der Waals surface area (Å²) in [5.74, 6) is -2.16. The maximum absolute atomic E-state index is 13.8. The minimum atomic E-state index is -1.19. The van der Waals surface area contributed by atoms with Gasteiger partial charge in [0.05, 0.1) is 44.4 Å². The van der Waals surface area contributed by atoms with Crippen LogP contribution in [0.3, 0.4) is 0 Å². The number of alkyl carbamates (subject to hydrolysis) is 1. The first-order chi connectivity index (χ1) is 24.0. The molecule has 0 saturated heterocycles. The Morgan fingerprint density at radius 3 is 1.98 bits per heavy atom. The predicted octanol–water partition coefficient (Wildman–Crippen LogP) is 4.67. The number of rotatable bonds is 15. The first kappa shape index (κ1) is 40.6. The van der Waals surface area contributed by atoms with Crippen LogP contribution in [0.2, 0.25) is 0 Å². The Kier molecular flexibility index (Phi) is 14.7. The number of aromatic nitrogens is 1. The van der Waals surface area contributed by atoms with Crippen molar-refractivity contribution in [3.63, 3.8) is 0 Å². The molecule has 0 fully saturated rings. The maximum atomic E-state index is 13.8. The summed E-state index contributed by atoms with van der Waals surface area (Å²) in [5.41, 5.74) is 5.05. The number of esters is 1. The number of hydrogen-bond donors (Lipinski definition) is 4. The number of benzene rings is 2. The Hall–Kier alpha value is -4.81. The lowest BCUT2D eigenvalue weighted by Crippen LogP contribution is -2.59. The zero-order valence-electron chi connectivity index (χ0n) is 30.9. The lowest BCUT2D eigenvalue weighted by atomic mass is 9.78. The first-order valence-corrected chi connectivity index (χ1v) is 17.0. The van der Waals surface area contributed by atoms with E-state index < -0.39 is 58.8 Å². The standard InChI is InChI=1S/C39H53N5O7/c1-38(2,3)29(23-33(46)50-7)35(47)41-31(22-26-14-10-9-11-15-26)32(45)25-44(43-36(48)34(39(4,5)6)42-37(49)51-8)24-27-17-19-28(20-18-27)30-16-12-13-21-40-30/h9-21,29,31-32,34,45H,22-25H2,1-8H3,(H,41,47)(H,42,49)(H,43,48)/t29-,31?,32-,34-/m0/s1. The first-order valence-electron chi connectivity index (χ1n) is 17.0. The second-order valence-electron chi connectivity index (χ2n) is 14.8. The molecule has 1 aromatic heterocycles. The molecule has 3 amide bonds. The lowest BCUT2D eigenvalue weighted by Gasteiger charge is -2.35. The summed E-state index contributed by atoms with van der Waals surface area (Å²) in [6.07, 6.45) is -0.0780. The monoisotopic (exact) mass is 703 g/mol. The number of nitrogens with zero attached hydrogens (tertiary/aromatic N) is 2. The molecule has 51 heavy (non-hydrogen) atoms. The molecule has 1 unspecified atom stereocenters. The van der Waals surface area contributed by atoms with Gasteiger partial charge in [-0.15, -0.1) is 0 Å². The molecular formula is C39H53N5O7. The van der Waals surface area contributed by atoms with Gasteiger partial charge in [-0.1, -0.05) is 102 Å². The van der Waals surface area contributed by atoms with Crippen LogP contribution in [0.1, 0.15) is 59.1 Å². The van der Waals surface area contributed by atoms with Crippen molar-refractivity contribution < 1.29 is 33.8 Å². The minimum Gasteiger partial charge on any atom is -0.469 e. The summed E-state index contributed by atoms with van der Waals surface area (Å²) in [6, 6.07) is 21.0. The van der Waals surface area contributed by atoms with E-state index in [1.54, 1.807) is 11.2 Å². The molecule has 0 radical (unpaired) electrons. The molecule has 2 aromatic carbocycles. The molecule has 0 bridgehead atoms. The van der Waals surface area contributed by atoms with Crippen LogP contribution in [-0.4, -0.2) is 77.9 Å². The van der Waals surface area contributed by atoms with Gasteiger partial charge in [0.25, 0.3) is 5.91 Å². The molecule has 0 aliphatic rings. The number of methoxy groups -OCH3 is 2. The number of carbonyl (C=O) groups excluding carboxylic acids is 4. The second kappa shape index (κ2) is 18.4. The van der Waals surface area contributed by atoms with E-state index in [-0.39, 0.29) is 25.9 Å². The van der Waals surface area contributed by atoms with E-state index in [9.17, 15) is 24.3 Å². The van der Waals surface area contributed by atoms with Crippen LogP contribution < -0.4 is 16.1 Å². The Balaban J connectivity index is 1.96. The van der Waals surface area contributed by atoms with Crippen molar-refractivity contribution >= 4 is 23.9 Å². The summed E-state index contributed by atoms with van der Waals surface area (Å²) >= 11 is 0. The second-order valence-corrected chi connectivity index (χ2v) is 14.8. The highest BCUT2D eigenvalue weighted by Crippen LogP contribution is 2.30. The van der Waals surface area contributed by atoms with Gasteiger partial charge in [0.1, 0.15) is 6.04 Å². The van der Waals surface area contributed by atoms with Crippen molar-refractivity contribution in [1.29, 1.82) is 0 Å². The highest BCUT2D eigenvalue weighted by molar-refractivity contribution is 5.86. The quantitative estimate of drug-likeness (QED) is 0.130. The van der Waals surface area contributed by atoms with E-state index in [2.05, 4.69) is 21.0 Å². The van der Waals surface area contributed by atoms with E-state index in [0.717, 1.165) is 22.4 Å². The molecule has 4 N–H and O–H groups in total. The van der Waals surface area contributed by atoms with Crippen LogP contribution >= 0.6 is 0 Å². The highest BCUT2D eigenvalue weighted by atomic mass is 16.5. The number of carbonyl (C=O) groups is 4. The van der Waals surface area contributed by atoms with Crippen molar-refractivity contribution in [2.24, 2.45) is 16.7 Å². The number of hydrazine groups is 1. The zero-order chi connectivity index (χ0) is 37.8. The van der Waals surface area contributed by atoms with Crippen LogP contribution in [0, 0.1) is 16.7 Å². The largest absolute Gasteiger partial charge is 0.469 e. The van der Waals surface area contributed by atoms with Crippen LogP contribution in [0.4, 0.5) is 4.79 Å². The van der Waals surface area contributed by atoms with Crippen molar-refractivity contribution in [2.45, 2.75) is 79.1 Å². The van der Waals surface area contributed by atoms with Gasteiger partial charge in [0.15, 0.2) is 0 Å². The van der Waals surface area contributed by atoms with E-state index in [4.69, 9.17) is 9.47 Å². The van der Waals surface area contributed by atoms with Crippen molar-refractivity contribution in [2.75, 3.05) is 20.8 Å². The van der Waals surface area contributed by atoms with Crippen LogP contribution in [0.15, 0.2) is 79.0 Å². The van der Waals surface area contributed by atoms with E-state index in [1.165, 1.54) is 14.2 Å². The van der Waals surface area contributed by atoms with Crippen molar-refractivity contribution in [3.05, 3.63) is 90.1 Å². The number of aliphatic hydroxyl groups is 1. The molecule has 12 nitrogen and oxygen atoms in total. The Morgan fingerprint density at radius 2 is 1.43 bits per heavy atom. The number of hydrogen-bond acceptors (Lipinski definition) is 9. The van der Waals surface area contributed by atoms with Gasteiger partial charge in [-0.3, -0.25) is 24.8 Å². The third kappa shape index (κ3) is 12.8. The van der Waals surface area contributed by atoms with Crippen molar-refractivity contribution in [1.82, 2.24) is 26.1 Å². The molecule has 0 aliphatic heterocycles. The number of amides is 3. The zero-order valence-corrected chi connectivity index (χ0v) is 30.9. The smallest absolute Gasteiger partial charge is 0.407 e. The third-order valence-corrected chi connectivity index (χ3v) is 8.59. The highest BCUT2D eigenvalue weighted by Gasteiger charge is 2.37. The number of aliphatic hydroxyl groups excluding tert-OH is 1. The summed E-state index contributed by atoms with van der Waals surface area (Å²) < 4.78 is 9.65. The molecule has 1 heterocycles. The third-order valence-electron chi connectivity index (χ3n) is 8.59. The predicted molar refractivity (Wildman–Crippen MR) is 195 cm³/mol. The molecule has 12 heteroatoms. The maximum Gasteiger partial charge on any atom is 0.407 e. The van der Waals surface area contributed by atoms with Gasteiger partial charge >= 0.3 is 12.1 Å². The van der Waals surface area contributed by atoms with Crippen LogP contribution in [0.25, 0.3) is 11.3 Å². The molecule has 4 atom stereocenters. The van der Waals surface area contributed by atoms with E-state index in [0.29, 0.717) is 0 Å². The Bertz CT molecular complexity index is 1570. The van der Waals surface area contributed by atoms with Gasteiger partial charge in [-0.05, 0) is 40.5 Å². The SMILES string of the molecule is COC(=O)C[C@@H](C(=O)NC(Cc1ccccc1)[C@@H](O)CN(Cc1ccc(-c2ccccn2)cc1)NC(=O)[C@H](NC(=O)OC)C(C)(C)C)C(C)(C)C. The molecule has 0 aliphatic carbocycles. The average Bonchev–Trinajstić information content (AvgIpc) is 3.08. The van der Waals surface area contributed by atoms with Crippen molar-refractivity contribution in [3.8, 4) is 11.3 Å². The van der Waals surface area contributed by atoms with Gasteiger partial charge in [0, 0.05) is 24.8 Å². The molecule has 0 saturated carbocycles. The van der Waals surface area contributed by atoms with Gasteiger partial charge in [0.2, 0.25) is 5.91 Å². The number of pyridine rings is 1. The fourth-order valence-electron chi connectivity index (χ4n) is 5.59. The van der Waals surface area contributed by atoms with Gasteiger partial charge in [-0.25, -0.2) is 9.80 Å². The fraction of sp³-hybridized carbons (Fsp3) is 0.462. The summed E-state index contributed by atoms with van der Waals surface area (Å²) in [5, 5.41) is 19.1. The van der Waals surface area contributed by atoms with E-state index in [1.807, 2.05) is 114 Å². The summed E-state index contributed by atoms with van der Waals surface area (Å²) in [6.45, 7) is 11.1. The number of ether oxygens (including phenoxy) is 2. The van der Waals surface area contributed by atoms with Gasteiger partial charge < -0.3 is 25.2 Å². The van der Waals surface area contributed by atoms with Crippen LogP contribution in [-0.2, 0) is 36.8 Å². The van der Waals surface area contributed by atoms with Crippen LogP contribution in [0.5, 0.6) is 0 Å². The number of nitrogens with one attached hydrogen (secondary N) is 3. The molecular weight excluding hydrogens is 650 g/mol. The fourth-order valence-corrected chi connectivity index (χ4v) is 5.59. The molecule has 3 aromatic rings. The summed E-state index contributed by atoms with van der Waals surface area (Å²) in [4.78, 5) is 56.5. The Labute approximate surface area is 301 Å².